The summed E-state index contributed by atoms with van der Waals surface area (Å²) in [5.41, 5.74) is 1.33. The number of aromatic nitrogens is 1. The minimum Gasteiger partial charge on any atom is -0.369 e. The molecular formula is C22H35IN6S. The SMILES string of the molecule is CCc1cnc(CCNC(=NC)NCC(C)N2CCN(c3ccccc3)CC2)s1.I. The maximum Gasteiger partial charge on any atom is 0.191 e. The second-order valence-electron chi connectivity index (χ2n) is 7.41. The van der Waals surface area contributed by atoms with E-state index in [4.69, 9.17) is 0 Å². The number of anilines is 1. The summed E-state index contributed by atoms with van der Waals surface area (Å²) in [6.45, 7) is 10.5. The van der Waals surface area contributed by atoms with E-state index in [1.165, 1.54) is 15.6 Å². The van der Waals surface area contributed by atoms with Crippen molar-refractivity contribution in [3.05, 3.63) is 46.4 Å². The van der Waals surface area contributed by atoms with Crippen LogP contribution < -0.4 is 15.5 Å². The molecule has 1 fully saturated rings. The van der Waals surface area contributed by atoms with Crippen molar-refractivity contribution in [3.8, 4) is 0 Å². The molecule has 0 aliphatic carbocycles. The minimum atomic E-state index is 0. The summed E-state index contributed by atoms with van der Waals surface area (Å²) in [5.74, 6) is 0.868. The summed E-state index contributed by atoms with van der Waals surface area (Å²) in [7, 11) is 1.83. The highest BCUT2D eigenvalue weighted by Crippen LogP contribution is 2.16. The summed E-state index contributed by atoms with van der Waals surface area (Å²) in [5, 5.41) is 8.08. The summed E-state index contributed by atoms with van der Waals surface area (Å²) >= 11 is 1.81. The van der Waals surface area contributed by atoms with Crippen LogP contribution in [0.1, 0.15) is 23.7 Å². The lowest BCUT2D eigenvalue weighted by Crippen LogP contribution is -2.53. The van der Waals surface area contributed by atoms with Crippen LogP contribution >= 0.6 is 35.3 Å². The highest BCUT2D eigenvalue weighted by atomic mass is 127. The summed E-state index contributed by atoms with van der Waals surface area (Å²) in [4.78, 5) is 15.2. The fourth-order valence-electron chi connectivity index (χ4n) is 3.57. The van der Waals surface area contributed by atoms with E-state index in [0.717, 1.165) is 58.1 Å². The Morgan fingerprint density at radius 1 is 1.17 bits per heavy atom. The van der Waals surface area contributed by atoms with Gasteiger partial charge in [0.1, 0.15) is 0 Å². The van der Waals surface area contributed by atoms with Crippen LogP contribution in [0.3, 0.4) is 0 Å². The van der Waals surface area contributed by atoms with E-state index in [2.05, 4.69) is 74.6 Å². The Kier molecular flexibility index (Phi) is 10.9. The summed E-state index contributed by atoms with van der Waals surface area (Å²) in [6, 6.07) is 11.2. The van der Waals surface area contributed by atoms with Crippen molar-refractivity contribution in [1.82, 2.24) is 20.5 Å². The number of benzene rings is 1. The predicted molar refractivity (Wildman–Crippen MR) is 140 cm³/mol. The lowest BCUT2D eigenvalue weighted by molar-refractivity contribution is 0.197. The first-order valence-corrected chi connectivity index (χ1v) is 11.4. The van der Waals surface area contributed by atoms with Gasteiger partial charge in [0, 0.05) is 75.5 Å². The molecule has 1 aromatic heterocycles. The second kappa shape index (κ2) is 13.1. The Morgan fingerprint density at radius 3 is 2.53 bits per heavy atom. The number of hydrogen-bond donors (Lipinski definition) is 2. The Bertz CT molecular complexity index is 758. The molecule has 0 saturated carbocycles. The number of aliphatic imine (C=N–C) groups is 1. The molecule has 1 aromatic carbocycles. The van der Waals surface area contributed by atoms with Gasteiger partial charge < -0.3 is 15.5 Å². The molecule has 6 nitrogen and oxygen atoms in total. The van der Waals surface area contributed by atoms with Gasteiger partial charge in [-0.05, 0) is 25.5 Å². The highest BCUT2D eigenvalue weighted by Gasteiger charge is 2.21. The first-order valence-electron chi connectivity index (χ1n) is 10.6. The van der Waals surface area contributed by atoms with E-state index in [9.17, 15) is 0 Å². The van der Waals surface area contributed by atoms with Crippen LogP contribution in [-0.2, 0) is 12.8 Å². The van der Waals surface area contributed by atoms with Gasteiger partial charge in [-0.1, -0.05) is 25.1 Å². The zero-order valence-corrected chi connectivity index (χ0v) is 21.5. The number of para-hydroxylation sites is 1. The van der Waals surface area contributed by atoms with Crippen LogP contribution in [0, 0.1) is 0 Å². The van der Waals surface area contributed by atoms with Gasteiger partial charge in [0.25, 0.3) is 0 Å². The van der Waals surface area contributed by atoms with Gasteiger partial charge in [-0.2, -0.15) is 0 Å². The number of piperazine rings is 1. The average molecular weight is 543 g/mol. The zero-order valence-electron chi connectivity index (χ0n) is 18.3. The largest absolute Gasteiger partial charge is 0.369 e. The molecule has 2 aromatic rings. The fourth-order valence-corrected chi connectivity index (χ4v) is 4.43. The van der Waals surface area contributed by atoms with Crippen molar-refractivity contribution in [2.45, 2.75) is 32.7 Å². The summed E-state index contributed by atoms with van der Waals surface area (Å²) in [6.07, 6.45) is 3.99. The fraction of sp³-hybridized carbons (Fsp3) is 0.545. The minimum absolute atomic E-state index is 0. The van der Waals surface area contributed by atoms with E-state index in [1.54, 1.807) is 11.3 Å². The van der Waals surface area contributed by atoms with Crippen LogP contribution in [0.5, 0.6) is 0 Å². The van der Waals surface area contributed by atoms with Crippen molar-refractivity contribution in [3.63, 3.8) is 0 Å². The normalized spacial score (nSPS) is 16.1. The molecule has 1 aliphatic rings. The Hall–Kier alpha value is -1.39. The third-order valence-electron chi connectivity index (χ3n) is 5.43. The van der Waals surface area contributed by atoms with Crippen molar-refractivity contribution >= 4 is 47.0 Å². The van der Waals surface area contributed by atoms with Crippen molar-refractivity contribution in [1.29, 1.82) is 0 Å². The van der Waals surface area contributed by atoms with Crippen LogP contribution in [-0.4, -0.2) is 68.2 Å². The molecular weight excluding hydrogens is 507 g/mol. The van der Waals surface area contributed by atoms with Crippen molar-refractivity contribution < 1.29 is 0 Å². The second-order valence-corrected chi connectivity index (χ2v) is 8.61. The van der Waals surface area contributed by atoms with Gasteiger partial charge in [0.2, 0.25) is 0 Å². The number of nitrogens with one attached hydrogen (secondary N) is 2. The smallest absolute Gasteiger partial charge is 0.191 e. The molecule has 8 heteroatoms. The maximum absolute atomic E-state index is 4.48. The predicted octanol–water partition coefficient (Wildman–Crippen LogP) is 3.24. The van der Waals surface area contributed by atoms with E-state index in [0.29, 0.717) is 6.04 Å². The van der Waals surface area contributed by atoms with Crippen molar-refractivity contribution in [2.24, 2.45) is 4.99 Å². The van der Waals surface area contributed by atoms with Gasteiger partial charge in [-0.3, -0.25) is 9.89 Å². The lowest BCUT2D eigenvalue weighted by atomic mass is 10.2. The molecule has 2 N–H and O–H groups in total. The van der Waals surface area contributed by atoms with Gasteiger partial charge in [-0.15, -0.1) is 35.3 Å². The van der Waals surface area contributed by atoms with Gasteiger partial charge in [0.05, 0.1) is 5.01 Å². The molecule has 1 aliphatic heterocycles. The van der Waals surface area contributed by atoms with E-state index in [1.807, 2.05) is 13.2 Å². The van der Waals surface area contributed by atoms with Crippen LogP contribution in [0.4, 0.5) is 5.69 Å². The molecule has 1 saturated heterocycles. The number of rotatable bonds is 8. The number of nitrogens with zero attached hydrogens (tertiary/aromatic N) is 4. The average Bonchev–Trinajstić information content (AvgIpc) is 3.24. The molecule has 0 amide bonds. The first kappa shape index (κ1) is 24.9. The number of guanidine groups is 1. The number of hydrogen-bond acceptors (Lipinski definition) is 5. The van der Waals surface area contributed by atoms with E-state index < -0.39 is 0 Å². The van der Waals surface area contributed by atoms with E-state index in [-0.39, 0.29) is 24.0 Å². The zero-order chi connectivity index (χ0) is 20.5. The molecule has 0 radical (unpaired) electrons. The molecule has 1 atom stereocenters. The molecule has 1 unspecified atom stereocenters. The maximum atomic E-state index is 4.48. The molecule has 30 heavy (non-hydrogen) atoms. The Labute approximate surface area is 202 Å². The van der Waals surface area contributed by atoms with Crippen LogP contribution in [0.25, 0.3) is 0 Å². The Morgan fingerprint density at radius 2 is 1.90 bits per heavy atom. The molecule has 0 bridgehead atoms. The standard InChI is InChI=1S/C22H34N6S.HI/c1-4-20-17-25-21(29-20)10-11-24-22(23-3)26-16-18(2)27-12-14-28(15-13-27)19-8-6-5-7-9-19;/h5-9,17-18H,4,10-16H2,1-3H3,(H2,23,24,26);1H. The number of thiazole rings is 1. The van der Waals surface area contributed by atoms with Gasteiger partial charge in [0.15, 0.2) is 5.96 Å². The number of aryl methyl sites for hydroxylation is 1. The topological polar surface area (TPSA) is 55.8 Å². The quantitative estimate of drug-likeness (QED) is 0.305. The number of halogens is 1. The van der Waals surface area contributed by atoms with Crippen molar-refractivity contribution in [2.75, 3.05) is 51.2 Å². The monoisotopic (exact) mass is 542 g/mol. The first-order chi connectivity index (χ1) is 14.2. The Balaban J connectivity index is 0.00000320. The van der Waals surface area contributed by atoms with Crippen LogP contribution in [0.15, 0.2) is 41.5 Å². The molecule has 2 heterocycles. The third kappa shape index (κ3) is 7.39. The molecule has 3 rings (SSSR count). The van der Waals surface area contributed by atoms with E-state index >= 15 is 0 Å². The van der Waals surface area contributed by atoms with Gasteiger partial charge >= 0.3 is 0 Å². The highest BCUT2D eigenvalue weighted by molar-refractivity contribution is 14.0. The lowest BCUT2D eigenvalue weighted by Gasteiger charge is -2.39. The molecule has 0 spiro atoms. The van der Waals surface area contributed by atoms with Crippen LogP contribution in [0.2, 0.25) is 0 Å². The third-order valence-corrected chi connectivity index (χ3v) is 6.63. The summed E-state index contributed by atoms with van der Waals surface area (Å²) < 4.78 is 0. The molecule has 166 valence electrons. The van der Waals surface area contributed by atoms with Gasteiger partial charge in [-0.25, -0.2) is 4.98 Å².